The topological polar surface area (TPSA) is 64.2 Å². The molecule has 0 aliphatic carbocycles. The van der Waals surface area contributed by atoms with Crippen molar-refractivity contribution in [2.45, 2.75) is 37.5 Å². The molecule has 2 N–H and O–H groups in total. The highest BCUT2D eigenvalue weighted by molar-refractivity contribution is 5.79. The Hall–Kier alpha value is -1.57. The first-order chi connectivity index (χ1) is 9.27. The molecule has 5 nitrogen and oxygen atoms in total. The molecule has 2 atom stereocenters. The molecule has 2 heterocycles. The number of rotatable bonds is 2. The van der Waals surface area contributed by atoms with E-state index < -0.39 is 24.2 Å². The van der Waals surface area contributed by atoms with Crippen molar-refractivity contribution in [2.75, 3.05) is 6.54 Å². The van der Waals surface area contributed by atoms with Crippen LogP contribution in [0.4, 0.5) is 13.2 Å². The average molecular weight is 290 g/mol. The molecule has 0 radical (unpaired) electrons. The van der Waals surface area contributed by atoms with Crippen molar-refractivity contribution in [1.82, 2.24) is 14.7 Å². The summed E-state index contributed by atoms with van der Waals surface area (Å²) < 4.78 is 40.4. The maximum absolute atomic E-state index is 13.0. The van der Waals surface area contributed by atoms with Gasteiger partial charge in [0.05, 0.1) is 12.6 Å². The van der Waals surface area contributed by atoms with E-state index in [1.165, 1.54) is 10.9 Å². The van der Waals surface area contributed by atoms with Gasteiger partial charge < -0.3 is 10.6 Å². The maximum atomic E-state index is 13.0. The van der Waals surface area contributed by atoms with Crippen molar-refractivity contribution in [3.8, 4) is 0 Å². The second-order valence-electron chi connectivity index (χ2n) is 5.14. The first-order valence-electron chi connectivity index (χ1n) is 6.36. The molecule has 1 saturated heterocycles. The molecular formula is C12H17F3N4O. The number of nitrogens with two attached hydrogens (primary N) is 1. The number of alkyl halides is 3. The van der Waals surface area contributed by atoms with Gasteiger partial charge in [-0.2, -0.15) is 18.3 Å². The van der Waals surface area contributed by atoms with Crippen LogP contribution in [0.5, 0.6) is 0 Å². The molecule has 112 valence electrons. The molecule has 1 aromatic rings. The molecule has 20 heavy (non-hydrogen) atoms. The van der Waals surface area contributed by atoms with E-state index >= 15 is 0 Å². The number of carbonyl (C=O) groups excluding carboxylic acids is 1. The monoisotopic (exact) mass is 290 g/mol. The normalized spacial score (nSPS) is 23.9. The number of nitrogens with zero attached hydrogens (tertiary/aromatic N) is 3. The largest absolute Gasteiger partial charge is 0.408 e. The number of hydrogen-bond acceptors (Lipinski definition) is 3. The van der Waals surface area contributed by atoms with Gasteiger partial charge in [-0.1, -0.05) is 0 Å². The number of aryl methyl sites for hydroxylation is 1. The molecule has 1 fully saturated rings. The van der Waals surface area contributed by atoms with Gasteiger partial charge in [-0.15, -0.1) is 0 Å². The lowest BCUT2D eigenvalue weighted by Crippen LogP contribution is -2.57. The molecule has 0 aromatic carbocycles. The van der Waals surface area contributed by atoms with Gasteiger partial charge >= 0.3 is 6.18 Å². The van der Waals surface area contributed by atoms with Gasteiger partial charge in [0, 0.05) is 25.8 Å². The van der Waals surface area contributed by atoms with Crippen LogP contribution in [0, 0.1) is 0 Å². The van der Waals surface area contributed by atoms with E-state index in [-0.39, 0.29) is 25.8 Å². The second kappa shape index (κ2) is 5.43. The van der Waals surface area contributed by atoms with Crippen molar-refractivity contribution < 1.29 is 18.0 Å². The Morgan fingerprint density at radius 1 is 1.50 bits per heavy atom. The Kier molecular flexibility index (Phi) is 4.03. The molecule has 1 aliphatic heterocycles. The standard InChI is InChI=1S/C12H17F3N4O/c1-18-6-8(5-17-18)4-11(20)19-7-9(16)2-3-10(19)12(13,14)15/h5-6,9-10H,2-4,7,16H2,1H3/t9-,10+/m1/s1. The molecule has 1 aliphatic rings. The van der Waals surface area contributed by atoms with Gasteiger partial charge in [0.2, 0.25) is 5.91 Å². The zero-order valence-corrected chi connectivity index (χ0v) is 11.1. The molecule has 0 bridgehead atoms. The molecule has 0 spiro atoms. The van der Waals surface area contributed by atoms with Crippen molar-refractivity contribution in [1.29, 1.82) is 0 Å². The highest BCUT2D eigenvalue weighted by Gasteiger charge is 2.47. The van der Waals surface area contributed by atoms with Crippen LogP contribution in [0.25, 0.3) is 0 Å². The summed E-state index contributed by atoms with van der Waals surface area (Å²) in [6, 6.07) is -2.13. The summed E-state index contributed by atoms with van der Waals surface area (Å²) in [5, 5.41) is 3.90. The Bertz CT molecular complexity index is 485. The smallest absolute Gasteiger partial charge is 0.329 e. The van der Waals surface area contributed by atoms with Gasteiger partial charge in [-0.25, -0.2) is 0 Å². The lowest BCUT2D eigenvalue weighted by Gasteiger charge is -2.39. The SMILES string of the molecule is Cn1cc(CC(=O)N2C[C@H](N)CC[C@H]2C(F)(F)F)cn1. The minimum Gasteiger partial charge on any atom is -0.329 e. The van der Waals surface area contributed by atoms with E-state index in [0.29, 0.717) is 5.56 Å². The van der Waals surface area contributed by atoms with Gasteiger partial charge in [-0.3, -0.25) is 9.48 Å². The van der Waals surface area contributed by atoms with Crippen LogP contribution < -0.4 is 5.73 Å². The minimum absolute atomic E-state index is 0.0523. The molecule has 0 saturated carbocycles. The van der Waals surface area contributed by atoms with Crippen LogP contribution in [-0.2, 0) is 18.3 Å². The Labute approximate surface area is 114 Å². The highest BCUT2D eigenvalue weighted by atomic mass is 19.4. The van der Waals surface area contributed by atoms with Crippen molar-refractivity contribution in [3.63, 3.8) is 0 Å². The van der Waals surface area contributed by atoms with E-state index in [1.54, 1.807) is 13.2 Å². The molecule has 2 rings (SSSR count). The summed E-state index contributed by atoms with van der Waals surface area (Å²) in [6.07, 6.45) is -1.27. The van der Waals surface area contributed by atoms with Crippen molar-refractivity contribution in [2.24, 2.45) is 12.8 Å². The molecule has 1 aromatic heterocycles. The van der Waals surface area contributed by atoms with Crippen LogP contribution >= 0.6 is 0 Å². The Morgan fingerprint density at radius 3 is 2.75 bits per heavy atom. The van der Waals surface area contributed by atoms with Gasteiger partial charge in [0.1, 0.15) is 6.04 Å². The Morgan fingerprint density at radius 2 is 2.20 bits per heavy atom. The van der Waals surface area contributed by atoms with Crippen molar-refractivity contribution in [3.05, 3.63) is 18.0 Å². The van der Waals surface area contributed by atoms with Crippen LogP contribution in [0.1, 0.15) is 18.4 Å². The maximum Gasteiger partial charge on any atom is 0.408 e. The number of amides is 1. The fraction of sp³-hybridized carbons (Fsp3) is 0.667. The second-order valence-corrected chi connectivity index (χ2v) is 5.14. The quantitative estimate of drug-likeness (QED) is 0.878. The third-order valence-electron chi connectivity index (χ3n) is 3.43. The molecular weight excluding hydrogens is 273 g/mol. The van der Waals surface area contributed by atoms with Gasteiger partial charge in [0.15, 0.2) is 0 Å². The Balaban J connectivity index is 2.11. The summed E-state index contributed by atoms with van der Waals surface area (Å²) >= 11 is 0. The lowest BCUT2D eigenvalue weighted by atomic mass is 9.97. The minimum atomic E-state index is -4.41. The average Bonchev–Trinajstić information content (AvgIpc) is 2.73. The van der Waals surface area contributed by atoms with E-state index in [0.717, 1.165) is 4.90 Å². The molecule has 8 heteroatoms. The first-order valence-corrected chi connectivity index (χ1v) is 6.36. The summed E-state index contributed by atoms with van der Waals surface area (Å²) in [5.74, 6) is -0.560. The van der Waals surface area contributed by atoms with Crippen LogP contribution in [-0.4, -0.2) is 45.4 Å². The van der Waals surface area contributed by atoms with Gasteiger partial charge in [-0.05, 0) is 18.4 Å². The lowest BCUT2D eigenvalue weighted by molar-refractivity contribution is -0.196. The predicted octanol–water partition coefficient (Wildman–Crippen LogP) is 0.843. The number of aromatic nitrogens is 2. The number of halogens is 3. The zero-order chi connectivity index (χ0) is 14.9. The molecule has 0 unspecified atom stereocenters. The summed E-state index contributed by atoms with van der Waals surface area (Å²) in [6.45, 7) is -0.0523. The van der Waals surface area contributed by atoms with E-state index in [9.17, 15) is 18.0 Å². The van der Waals surface area contributed by atoms with Crippen LogP contribution in [0.15, 0.2) is 12.4 Å². The predicted molar refractivity (Wildman–Crippen MR) is 65.7 cm³/mol. The van der Waals surface area contributed by atoms with Crippen LogP contribution in [0.3, 0.4) is 0 Å². The third-order valence-corrected chi connectivity index (χ3v) is 3.43. The third kappa shape index (κ3) is 3.30. The first kappa shape index (κ1) is 14.8. The number of carbonyl (C=O) groups is 1. The summed E-state index contributed by atoms with van der Waals surface area (Å²) in [4.78, 5) is 13.0. The zero-order valence-electron chi connectivity index (χ0n) is 11.1. The number of likely N-dealkylation sites (tertiary alicyclic amines) is 1. The fourth-order valence-corrected chi connectivity index (χ4v) is 2.45. The number of piperidine rings is 1. The summed E-state index contributed by atoms with van der Waals surface area (Å²) in [5.41, 5.74) is 6.28. The van der Waals surface area contributed by atoms with E-state index in [4.69, 9.17) is 5.73 Å². The fourth-order valence-electron chi connectivity index (χ4n) is 2.45. The van der Waals surface area contributed by atoms with E-state index in [1.807, 2.05) is 0 Å². The van der Waals surface area contributed by atoms with Gasteiger partial charge in [0.25, 0.3) is 0 Å². The molecule has 1 amide bonds. The number of hydrogen-bond donors (Lipinski definition) is 1. The summed E-state index contributed by atoms with van der Waals surface area (Å²) in [7, 11) is 1.68. The van der Waals surface area contributed by atoms with E-state index in [2.05, 4.69) is 5.10 Å². The van der Waals surface area contributed by atoms with Crippen molar-refractivity contribution >= 4 is 5.91 Å². The highest BCUT2D eigenvalue weighted by Crippen LogP contribution is 2.31. The van der Waals surface area contributed by atoms with Crippen LogP contribution in [0.2, 0.25) is 0 Å².